The third-order valence-corrected chi connectivity index (χ3v) is 8.06. The fourth-order valence-corrected chi connectivity index (χ4v) is 6.37. The molecule has 2 amide bonds. The van der Waals surface area contributed by atoms with Crippen LogP contribution in [0.2, 0.25) is 0 Å². The van der Waals surface area contributed by atoms with Crippen molar-refractivity contribution in [3.8, 4) is 0 Å². The molecular formula is C23H40N4O3. The summed E-state index contributed by atoms with van der Waals surface area (Å²) in [4.78, 5) is 33.6. The number of rotatable bonds is 4. The molecule has 30 heavy (non-hydrogen) atoms. The highest BCUT2D eigenvalue weighted by molar-refractivity contribution is 5.81. The van der Waals surface area contributed by atoms with Crippen LogP contribution in [0.15, 0.2) is 0 Å². The van der Waals surface area contributed by atoms with Crippen LogP contribution in [0.4, 0.5) is 4.79 Å². The Kier molecular flexibility index (Phi) is 6.58. The molecule has 4 fully saturated rings. The van der Waals surface area contributed by atoms with Crippen LogP contribution >= 0.6 is 0 Å². The van der Waals surface area contributed by atoms with E-state index in [1.165, 1.54) is 38.5 Å². The van der Waals surface area contributed by atoms with E-state index in [0.717, 1.165) is 45.6 Å². The van der Waals surface area contributed by atoms with E-state index in [1.54, 1.807) is 4.90 Å². The van der Waals surface area contributed by atoms with Gasteiger partial charge in [-0.05, 0) is 76.9 Å². The zero-order valence-electron chi connectivity index (χ0n) is 19.1. The summed E-state index contributed by atoms with van der Waals surface area (Å²) in [6, 6.07) is 1.31. The smallest absolute Gasteiger partial charge is 0.409 e. The number of amides is 2. The van der Waals surface area contributed by atoms with E-state index in [4.69, 9.17) is 4.74 Å². The summed E-state index contributed by atoms with van der Waals surface area (Å²) in [5, 5.41) is 0. The quantitative estimate of drug-likeness (QED) is 0.699. The Balaban J connectivity index is 1.25. The van der Waals surface area contributed by atoms with Gasteiger partial charge in [0.05, 0.1) is 12.6 Å². The van der Waals surface area contributed by atoms with Crippen molar-refractivity contribution in [3.05, 3.63) is 0 Å². The van der Waals surface area contributed by atoms with E-state index in [2.05, 4.69) is 9.80 Å². The largest absolute Gasteiger partial charge is 0.450 e. The van der Waals surface area contributed by atoms with Gasteiger partial charge in [0.2, 0.25) is 5.91 Å². The Morgan fingerprint density at radius 1 is 1.00 bits per heavy atom. The molecule has 0 N–H and O–H groups in total. The average molecular weight is 421 g/mol. The van der Waals surface area contributed by atoms with Gasteiger partial charge in [-0.15, -0.1) is 0 Å². The molecule has 0 aromatic rings. The highest BCUT2D eigenvalue weighted by atomic mass is 16.6. The maximum Gasteiger partial charge on any atom is 0.409 e. The van der Waals surface area contributed by atoms with Gasteiger partial charge in [-0.3, -0.25) is 9.69 Å². The van der Waals surface area contributed by atoms with Crippen molar-refractivity contribution < 1.29 is 14.3 Å². The number of carbonyl (C=O) groups is 2. The highest BCUT2D eigenvalue weighted by Gasteiger charge is 2.51. The van der Waals surface area contributed by atoms with Crippen LogP contribution in [-0.4, -0.2) is 103 Å². The van der Waals surface area contributed by atoms with Gasteiger partial charge in [0, 0.05) is 39.3 Å². The van der Waals surface area contributed by atoms with Crippen molar-refractivity contribution in [2.45, 2.75) is 76.4 Å². The molecule has 0 radical (unpaired) electrons. The molecule has 1 atom stereocenters. The summed E-state index contributed by atoms with van der Waals surface area (Å²) < 4.78 is 5.19. The Bertz CT molecular complexity index is 626. The number of likely N-dealkylation sites (tertiary alicyclic amines) is 3. The fourth-order valence-electron chi connectivity index (χ4n) is 6.37. The summed E-state index contributed by atoms with van der Waals surface area (Å²) >= 11 is 0. The summed E-state index contributed by atoms with van der Waals surface area (Å²) in [7, 11) is 3.77. The summed E-state index contributed by atoms with van der Waals surface area (Å²) in [5.74, 6) is 0.283. The number of hydrogen-bond acceptors (Lipinski definition) is 5. The SMILES string of the molecule is CCOC(=O)N1CCC2(CC(N3CCC(N4CCCCC4C(=O)N(C)C)CC3)C2)C1. The van der Waals surface area contributed by atoms with Crippen LogP contribution in [0.1, 0.15) is 58.3 Å². The minimum absolute atomic E-state index is 0.0876. The van der Waals surface area contributed by atoms with Crippen LogP contribution in [0.3, 0.4) is 0 Å². The van der Waals surface area contributed by atoms with Crippen LogP contribution in [0.5, 0.6) is 0 Å². The second-order valence-corrected chi connectivity index (χ2v) is 10.2. The first-order valence-corrected chi connectivity index (χ1v) is 12.0. The molecular weight excluding hydrogens is 380 g/mol. The maximum atomic E-state index is 12.7. The number of nitrogens with zero attached hydrogens (tertiary/aromatic N) is 4. The van der Waals surface area contributed by atoms with Crippen molar-refractivity contribution >= 4 is 12.0 Å². The topological polar surface area (TPSA) is 56.3 Å². The van der Waals surface area contributed by atoms with Crippen LogP contribution < -0.4 is 0 Å². The molecule has 0 aromatic carbocycles. The van der Waals surface area contributed by atoms with E-state index in [-0.39, 0.29) is 18.0 Å². The van der Waals surface area contributed by atoms with E-state index in [1.807, 2.05) is 25.9 Å². The van der Waals surface area contributed by atoms with Crippen molar-refractivity contribution in [3.63, 3.8) is 0 Å². The van der Waals surface area contributed by atoms with E-state index >= 15 is 0 Å². The van der Waals surface area contributed by atoms with E-state index < -0.39 is 0 Å². The van der Waals surface area contributed by atoms with Gasteiger partial charge >= 0.3 is 6.09 Å². The predicted octanol–water partition coefficient (Wildman–Crippen LogP) is 2.40. The Labute approximate surface area is 181 Å². The third kappa shape index (κ3) is 4.33. The molecule has 1 spiro atoms. The van der Waals surface area contributed by atoms with E-state index in [0.29, 0.717) is 24.1 Å². The van der Waals surface area contributed by atoms with Crippen molar-refractivity contribution in [2.75, 3.05) is 53.4 Å². The van der Waals surface area contributed by atoms with Crippen molar-refractivity contribution in [1.29, 1.82) is 0 Å². The molecule has 1 aliphatic carbocycles. The summed E-state index contributed by atoms with van der Waals surface area (Å²) in [6.45, 7) is 7.42. The molecule has 0 bridgehead atoms. The summed E-state index contributed by atoms with van der Waals surface area (Å²) in [5.41, 5.74) is 0.338. The number of hydrogen-bond donors (Lipinski definition) is 0. The van der Waals surface area contributed by atoms with Gasteiger partial charge in [-0.1, -0.05) is 6.42 Å². The molecule has 1 unspecified atom stereocenters. The lowest BCUT2D eigenvalue weighted by molar-refractivity contribution is -0.137. The minimum Gasteiger partial charge on any atom is -0.450 e. The van der Waals surface area contributed by atoms with Crippen LogP contribution in [0, 0.1) is 5.41 Å². The van der Waals surface area contributed by atoms with E-state index in [9.17, 15) is 9.59 Å². The lowest BCUT2D eigenvalue weighted by Gasteiger charge is -2.53. The number of likely N-dealkylation sites (N-methyl/N-ethyl adjacent to an activating group) is 1. The first kappa shape index (κ1) is 21.9. The second kappa shape index (κ2) is 9.03. The first-order valence-electron chi connectivity index (χ1n) is 12.0. The normalized spacial score (nSPS) is 33.5. The van der Waals surface area contributed by atoms with Crippen molar-refractivity contribution in [1.82, 2.24) is 19.6 Å². The first-order chi connectivity index (χ1) is 14.4. The molecule has 3 heterocycles. The number of ether oxygens (including phenoxy) is 1. The zero-order chi connectivity index (χ0) is 21.3. The lowest BCUT2D eigenvalue weighted by atomic mass is 9.64. The number of piperidine rings is 2. The lowest BCUT2D eigenvalue weighted by Crippen LogP contribution is -2.58. The average Bonchev–Trinajstić information content (AvgIpc) is 3.18. The molecule has 170 valence electrons. The van der Waals surface area contributed by atoms with Gasteiger partial charge in [-0.2, -0.15) is 0 Å². The second-order valence-electron chi connectivity index (χ2n) is 10.2. The molecule has 3 aliphatic heterocycles. The molecule has 4 rings (SSSR count). The van der Waals surface area contributed by atoms with Crippen LogP contribution in [-0.2, 0) is 9.53 Å². The highest BCUT2D eigenvalue weighted by Crippen LogP contribution is 2.50. The molecule has 4 aliphatic rings. The van der Waals surface area contributed by atoms with Gasteiger partial charge in [0.1, 0.15) is 0 Å². The van der Waals surface area contributed by atoms with Gasteiger partial charge < -0.3 is 19.4 Å². The fraction of sp³-hybridized carbons (Fsp3) is 0.913. The molecule has 7 nitrogen and oxygen atoms in total. The summed E-state index contributed by atoms with van der Waals surface area (Å²) in [6.07, 6.45) is 9.19. The predicted molar refractivity (Wildman–Crippen MR) is 116 cm³/mol. The van der Waals surface area contributed by atoms with Crippen molar-refractivity contribution in [2.24, 2.45) is 5.41 Å². The maximum absolute atomic E-state index is 12.7. The monoisotopic (exact) mass is 420 g/mol. The Morgan fingerprint density at radius 2 is 1.73 bits per heavy atom. The third-order valence-electron chi connectivity index (χ3n) is 8.06. The molecule has 3 saturated heterocycles. The minimum atomic E-state index is -0.137. The Morgan fingerprint density at radius 3 is 2.40 bits per heavy atom. The van der Waals surface area contributed by atoms with Gasteiger partial charge in [-0.25, -0.2) is 4.79 Å². The zero-order valence-corrected chi connectivity index (χ0v) is 19.1. The Hall–Kier alpha value is -1.34. The van der Waals surface area contributed by atoms with Gasteiger partial charge in [0.25, 0.3) is 0 Å². The molecule has 0 aromatic heterocycles. The molecule has 7 heteroatoms. The number of carbonyl (C=O) groups excluding carboxylic acids is 2. The standard InChI is InChI=1S/C23H40N4O3/c1-4-30-22(29)26-14-10-23(17-26)15-19(16-23)25-12-8-18(9-13-25)27-11-6-5-7-20(27)21(28)24(2)3/h18-20H,4-17H2,1-3H3. The van der Waals surface area contributed by atoms with Crippen LogP contribution in [0.25, 0.3) is 0 Å². The molecule has 1 saturated carbocycles. The van der Waals surface area contributed by atoms with Gasteiger partial charge in [0.15, 0.2) is 0 Å².